The number of amides is 3. The molecule has 1 aliphatic rings. The van der Waals surface area contributed by atoms with Crippen LogP contribution in [-0.4, -0.2) is 49.1 Å². The third-order valence-corrected chi connectivity index (χ3v) is 5.91. The zero-order chi connectivity index (χ0) is 25.6. The van der Waals surface area contributed by atoms with Crippen molar-refractivity contribution in [3.63, 3.8) is 0 Å². The third kappa shape index (κ3) is 7.05. The quantitative estimate of drug-likeness (QED) is 0.477. The number of rotatable bonds is 9. The fourth-order valence-electron chi connectivity index (χ4n) is 4.59. The fourth-order valence-corrected chi connectivity index (χ4v) is 4.59. The highest BCUT2D eigenvalue weighted by Gasteiger charge is 2.38. The maximum Gasteiger partial charge on any atom is 0.247 e. The summed E-state index contributed by atoms with van der Waals surface area (Å²) in [5.74, 6) is -0.204. The molecule has 2 aromatic rings. The van der Waals surface area contributed by atoms with E-state index in [1.807, 2.05) is 69.3 Å². The second-order valence-electron chi connectivity index (χ2n) is 10.1. The maximum atomic E-state index is 13.3. The van der Waals surface area contributed by atoms with E-state index in [0.29, 0.717) is 18.6 Å². The van der Waals surface area contributed by atoms with Gasteiger partial charge in [-0.25, -0.2) is 0 Å². The molecule has 0 bridgehead atoms. The molecule has 1 heterocycles. The number of anilines is 1. The molecule has 0 fully saturated rings. The highest BCUT2D eigenvalue weighted by Crippen LogP contribution is 2.33. The summed E-state index contributed by atoms with van der Waals surface area (Å²) < 4.78 is 11.4. The van der Waals surface area contributed by atoms with Crippen molar-refractivity contribution >= 4 is 23.9 Å². The average Bonchev–Trinajstić information content (AvgIpc) is 2.93. The maximum absolute atomic E-state index is 13.3. The van der Waals surface area contributed by atoms with E-state index in [2.05, 4.69) is 16.0 Å². The number of ether oxygens (including phenoxy) is 2. The van der Waals surface area contributed by atoms with Crippen LogP contribution in [0.1, 0.15) is 51.2 Å². The number of hydrogen-bond donors (Lipinski definition) is 3. The van der Waals surface area contributed by atoms with Crippen LogP contribution >= 0.6 is 0 Å². The van der Waals surface area contributed by atoms with Crippen molar-refractivity contribution in [3.05, 3.63) is 59.7 Å². The zero-order valence-corrected chi connectivity index (χ0v) is 21.0. The Kier molecular flexibility index (Phi) is 8.17. The Morgan fingerprint density at radius 2 is 1.80 bits per heavy atom. The van der Waals surface area contributed by atoms with Crippen molar-refractivity contribution in [2.75, 3.05) is 19.0 Å². The van der Waals surface area contributed by atoms with Crippen LogP contribution in [0.15, 0.2) is 48.5 Å². The van der Waals surface area contributed by atoms with Crippen molar-refractivity contribution in [2.24, 2.45) is 0 Å². The van der Waals surface area contributed by atoms with Gasteiger partial charge in [-0.3, -0.25) is 14.4 Å². The Hall–Kier alpha value is -3.39. The lowest BCUT2D eigenvalue weighted by atomic mass is 9.86. The molecule has 0 radical (unpaired) electrons. The number of methoxy groups -OCH3 is 1. The molecule has 3 rings (SSSR count). The molecule has 3 amide bonds. The average molecular weight is 482 g/mol. The highest BCUT2D eigenvalue weighted by molar-refractivity contribution is 5.99. The summed E-state index contributed by atoms with van der Waals surface area (Å²) >= 11 is 0. The second kappa shape index (κ2) is 10.9. The topological polar surface area (TPSA) is 106 Å². The molecule has 0 saturated heterocycles. The van der Waals surface area contributed by atoms with Gasteiger partial charge in [-0.2, -0.15) is 0 Å². The molecule has 0 aromatic heterocycles. The van der Waals surface area contributed by atoms with Gasteiger partial charge in [-0.1, -0.05) is 30.3 Å². The first kappa shape index (κ1) is 26.2. The number of para-hydroxylation sites is 1. The smallest absolute Gasteiger partial charge is 0.247 e. The molecule has 35 heavy (non-hydrogen) atoms. The van der Waals surface area contributed by atoms with Crippen LogP contribution in [0.2, 0.25) is 0 Å². The minimum atomic E-state index is -0.955. The predicted molar refractivity (Wildman–Crippen MR) is 134 cm³/mol. The van der Waals surface area contributed by atoms with Crippen molar-refractivity contribution < 1.29 is 23.9 Å². The number of carbonyl (C=O) groups excluding carboxylic acids is 3. The van der Waals surface area contributed by atoms with E-state index in [1.54, 1.807) is 14.0 Å². The van der Waals surface area contributed by atoms with Crippen molar-refractivity contribution in [1.29, 1.82) is 0 Å². The molecule has 3 atom stereocenters. The van der Waals surface area contributed by atoms with Crippen LogP contribution < -0.4 is 20.7 Å². The molecular formula is C27H35N3O5. The van der Waals surface area contributed by atoms with Crippen LogP contribution in [0.3, 0.4) is 0 Å². The molecule has 1 aliphatic heterocycles. The molecular weight excluding hydrogens is 446 g/mol. The minimum absolute atomic E-state index is 0.0306. The van der Waals surface area contributed by atoms with Gasteiger partial charge in [-0.15, -0.1) is 0 Å². The largest absolute Gasteiger partial charge is 0.497 e. The van der Waals surface area contributed by atoms with Gasteiger partial charge >= 0.3 is 0 Å². The van der Waals surface area contributed by atoms with Gasteiger partial charge in [0.2, 0.25) is 18.2 Å². The Bertz CT molecular complexity index is 1050. The fraction of sp³-hybridized carbons (Fsp3) is 0.444. The van der Waals surface area contributed by atoms with E-state index in [1.165, 1.54) is 0 Å². The van der Waals surface area contributed by atoms with Crippen molar-refractivity contribution in [1.82, 2.24) is 10.6 Å². The molecule has 188 valence electrons. The summed E-state index contributed by atoms with van der Waals surface area (Å²) in [5.41, 5.74) is 1.16. The van der Waals surface area contributed by atoms with E-state index in [9.17, 15) is 14.4 Å². The highest BCUT2D eigenvalue weighted by atomic mass is 16.5. The van der Waals surface area contributed by atoms with Gasteiger partial charge in [0.15, 0.2) is 0 Å². The van der Waals surface area contributed by atoms with E-state index < -0.39 is 17.2 Å². The van der Waals surface area contributed by atoms with Gasteiger partial charge in [0, 0.05) is 18.2 Å². The molecule has 0 aliphatic carbocycles. The van der Waals surface area contributed by atoms with Gasteiger partial charge in [0.1, 0.15) is 11.8 Å². The Morgan fingerprint density at radius 3 is 2.43 bits per heavy atom. The number of carbonyl (C=O) groups is 3. The van der Waals surface area contributed by atoms with Gasteiger partial charge in [0.05, 0.1) is 24.7 Å². The monoisotopic (exact) mass is 481 g/mol. The van der Waals surface area contributed by atoms with Crippen molar-refractivity contribution in [3.8, 4) is 5.75 Å². The summed E-state index contributed by atoms with van der Waals surface area (Å²) in [6.07, 6.45) is 1.11. The summed E-state index contributed by atoms with van der Waals surface area (Å²) in [5, 5.41) is 8.55. The normalized spacial score (nSPS) is 19.4. The molecule has 8 heteroatoms. The lowest BCUT2D eigenvalue weighted by molar-refractivity contribution is -0.146. The second-order valence-corrected chi connectivity index (χ2v) is 10.1. The van der Waals surface area contributed by atoms with E-state index in [4.69, 9.17) is 9.47 Å². The lowest BCUT2D eigenvalue weighted by Gasteiger charge is -2.36. The van der Waals surface area contributed by atoms with Crippen LogP contribution in [-0.2, 0) is 25.5 Å². The zero-order valence-electron chi connectivity index (χ0n) is 21.0. The van der Waals surface area contributed by atoms with E-state index in [0.717, 1.165) is 16.8 Å². The Balaban J connectivity index is 1.89. The lowest BCUT2D eigenvalue weighted by Crippen LogP contribution is -2.52. The van der Waals surface area contributed by atoms with E-state index in [-0.39, 0.29) is 30.7 Å². The molecule has 8 nitrogen and oxygen atoms in total. The number of benzene rings is 2. The van der Waals surface area contributed by atoms with Crippen LogP contribution in [0.5, 0.6) is 5.75 Å². The van der Waals surface area contributed by atoms with Gasteiger partial charge < -0.3 is 25.4 Å². The SMILES string of the molecule is COc1ccc(C2Cc3ccccc3NC(=O)C2NC(=O)CC(C)(CNC=O)OC(C)(C)C)cc1. The summed E-state index contributed by atoms with van der Waals surface area (Å²) in [7, 11) is 1.60. The molecule has 0 spiro atoms. The minimum Gasteiger partial charge on any atom is -0.497 e. The van der Waals surface area contributed by atoms with Gasteiger partial charge in [0.25, 0.3) is 0 Å². The Morgan fingerprint density at radius 1 is 1.11 bits per heavy atom. The van der Waals surface area contributed by atoms with Crippen LogP contribution in [0, 0.1) is 0 Å². The molecule has 2 aromatic carbocycles. The summed E-state index contributed by atoms with van der Waals surface area (Å²) in [4.78, 5) is 37.5. The molecule has 0 saturated carbocycles. The number of nitrogens with one attached hydrogen (secondary N) is 3. The molecule has 3 N–H and O–H groups in total. The first-order chi connectivity index (χ1) is 16.5. The Labute approximate surface area is 206 Å². The predicted octanol–water partition coefficient (Wildman–Crippen LogP) is 3.17. The summed E-state index contributed by atoms with van der Waals surface area (Å²) in [6, 6.07) is 14.4. The number of hydrogen-bond acceptors (Lipinski definition) is 5. The first-order valence-electron chi connectivity index (χ1n) is 11.7. The van der Waals surface area contributed by atoms with Crippen LogP contribution in [0.4, 0.5) is 5.69 Å². The van der Waals surface area contributed by atoms with E-state index >= 15 is 0 Å². The van der Waals surface area contributed by atoms with Crippen molar-refractivity contribution in [2.45, 2.75) is 63.7 Å². The standard InChI is InChI=1S/C27H35N3O5/c1-26(2,3)35-27(4,16-28-17-31)15-23(32)30-24-21(18-10-12-20(34-5)13-11-18)14-19-8-6-7-9-22(19)29-25(24)33/h6-13,17,21,24H,14-16H2,1-5H3,(H,28,31)(H,29,33)(H,30,32). The summed E-state index contributed by atoms with van der Waals surface area (Å²) in [6.45, 7) is 7.60. The number of fused-ring (bicyclic) bond motifs is 1. The first-order valence-corrected chi connectivity index (χ1v) is 11.7. The van der Waals surface area contributed by atoms with Gasteiger partial charge in [-0.05, 0) is 63.4 Å². The van der Waals surface area contributed by atoms with Crippen LogP contribution in [0.25, 0.3) is 0 Å². The molecule has 3 unspecified atom stereocenters. The third-order valence-electron chi connectivity index (χ3n) is 5.91.